The minimum Gasteiger partial charge on any atom is -0.347 e. The molecule has 1 aromatic heterocycles. The topological polar surface area (TPSA) is 87.2 Å². The van der Waals surface area contributed by atoms with E-state index in [2.05, 4.69) is 91.5 Å². The predicted octanol–water partition coefficient (Wildman–Crippen LogP) is 9.64. The summed E-state index contributed by atoms with van der Waals surface area (Å²) >= 11 is 0. The summed E-state index contributed by atoms with van der Waals surface area (Å²) in [6.07, 6.45) is 4.88. The molecule has 2 atom stereocenters. The van der Waals surface area contributed by atoms with Gasteiger partial charge in [0.25, 0.3) is 0 Å². The summed E-state index contributed by atoms with van der Waals surface area (Å²) in [5.41, 5.74) is 6.85. The number of halogens is 2. The number of carbonyl (C=O) groups is 2. The van der Waals surface area contributed by atoms with E-state index in [1.165, 1.54) is 0 Å². The summed E-state index contributed by atoms with van der Waals surface area (Å²) in [5.74, 6) is -1.75. The lowest BCUT2D eigenvalue weighted by Gasteiger charge is -2.28. The summed E-state index contributed by atoms with van der Waals surface area (Å²) in [5, 5.41) is 3.21. The molecule has 0 radical (unpaired) electrons. The number of nitrogens with one attached hydrogen (secondary N) is 2. The van der Waals surface area contributed by atoms with E-state index in [1.54, 1.807) is 0 Å². The van der Waals surface area contributed by atoms with E-state index in [-0.39, 0.29) is 67.1 Å². The van der Waals surface area contributed by atoms with Crippen LogP contribution in [0.3, 0.4) is 0 Å². The number of imidazole rings is 1. The number of rotatable bonds is 11. The number of Topliss-reactive ketones (excluding diaryl/α,β-unsaturated/α-hetero) is 1. The van der Waals surface area contributed by atoms with Gasteiger partial charge in [-0.25, -0.2) is 13.8 Å². The largest absolute Gasteiger partial charge is 0.347 e. The van der Waals surface area contributed by atoms with Gasteiger partial charge in [0.2, 0.25) is 11.8 Å². The van der Waals surface area contributed by atoms with Gasteiger partial charge in [-0.2, -0.15) is 0 Å². The number of ketones is 1. The standard InChI is InChI=1S/C40H50F2N4O2/c1-24(2)32(21-35(47)30-16-18-40(41,42)19-17-30)37-44-23-34(45-37)29-14-12-27(13-15-29)26-8-10-28(11-9-26)31-20-33(43-22-31)36(25(3)4)46-38(48)39(5,6)7/h8-15,22-25,30,32,36H,16-21H2,1-7H3,(H,44,45)(H,46,48)/t32-,36-/m0/s1. The summed E-state index contributed by atoms with van der Waals surface area (Å²) in [7, 11) is 0. The van der Waals surface area contributed by atoms with Crippen LogP contribution in [0.25, 0.3) is 28.0 Å². The molecule has 2 aromatic carbocycles. The van der Waals surface area contributed by atoms with Crippen molar-refractivity contribution in [2.24, 2.45) is 28.2 Å². The first-order valence-corrected chi connectivity index (χ1v) is 17.3. The molecule has 256 valence electrons. The number of aliphatic imine (C=N–C) groups is 1. The lowest BCUT2D eigenvalue weighted by atomic mass is 9.79. The molecule has 0 bridgehead atoms. The van der Waals surface area contributed by atoms with Crippen molar-refractivity contribution >= 4 is 23.0 Å². The minimum atomic E-state index is -2.64. The number of aromatic nitrogens is 2. The molecular formula is C40H50F2N4O2. The fourth-order valence-corrected chi connectivity index (χ4v) is 6.59. The van der Waals surface area contributed by atoms with Crippen molar-refractivity contribution in [2.45, 2.75) is 105 Å². The Balaban J connectivity index is 1.21. The number of carbonyl (C=O) groups excluding carboxylic acids is 2. The fraction of sp³-hybridized carbons (Fsp3) is 0.500. The summed E-state index contributed by atoms with van der Waals surface area (Å²) in [6.45, 7) is 14.1. The van der Waals surface area contributed by atoms with Gasteiger partial charge in [-0.1, -0.05) is 97.0 Å². The number of aromatic amines is 1. The maximum Gasteiger partial charge on any atom is 0.248 e. The average Bonchev–Trinajstić information content (AvgIpc) is 3.72. The molecule has 0 spiro atoms. The Morgan fingerprint density at radius 3 is 2.00 bits per heavy atom. The monoisotopic (exact) mass is 656 g/mol. The van der Waals surface area contributed by atoms with E-state index in [4.69, 9.17) is 4.99 Å². The van der Waals surface area contributed by atoms with Gasteiger partial charge in [0.1, 0.15) is 11.6 Å². The molecule has 3 aromatic rings. The Morgan fingerprint density at radius 2 is 1.46 bits per heavy atom. The zero-order valence-corrected chi connectivity index (χ0v) is 29.4. The van der Waals surface area contributed by atoms with Gasteiger partial charge in [0.15, 0.2) is 0 Å². The molecular weight excluding hydrogens is 606 g/mol. The van der Waals surface area contributed by atoms with Crippen molar-refractivity contribution in [1.29, 1.82) is 0 Å². The highest BCUT2D eigenvalue weighted by Crippen LogP contribution is 2.39. The third-order valence-corrected chi connectivity index (χ3v) is 9.88. The highest BCUT2D eigenvalue weighted by molar-refractivity contribution is 6.03. The van der Waals surface area contributed by atoms with E-state index >= 15 is 0 Å². The first kappa shape index (κ1) is 35.4. The molecule has 8 heteroatoms. The maximum atomic E-state index is 13.6. The maximum absolute atomic E-state index is 13.6. The second kappa shape index (κ2) is 14.3. The van der Waals surface area contributed by atoms with Crippen molar-refractivity contribution < 1.29 is 18.4 Å². The van der Waals surface area contributed by atoms with Crippen molar-refractivity contribution in [2.75, 3.05) is 0 Å². The van der Waals surface area contributed by atoms with Crippen LogP contribution in [0.1, 0.15) is 104 Å². The van der Waals surface area contributed by atoms with Crippen LogP contribution < -0.4 is 5.32 Å². The van der Waals surface area contributed by atoms with Crippen LogP contribution in [0, 0.1) is 23.2 Å². The number of allylic oxidation sites excluding steroid dienone is 1. The zero-order chi connectivity index (χ0) is 34.8. The molecule has 6 nitrogen and oxygen atoms in total. The second-order valence-electron chi connectivity index (χ2n) is 15.4. The van der Waals surface area contributed by atoms with Crippen molar-refractivity contribution in [3.05, 3.63) is 72.3 Å². The summed E-state index contributed by atoms with van der Waals surface area (Å²) in [6, 6.07) is 16.7. The van der Waals surface area contributed by atoms with Crippen molar-refractivity contribution in [1.82, 2.24) is 15.3 Å². The number of alkyl halides is 2. The highest BCUT2D eigenvalue weighted by atomic mass is 19.3. The van der Waals surface area contributed by atoms with Crippen LogP contribution in [0.5, 0.6) is 0 Å². The van der Waals surface area contributed by atoms with E-state index in [0.29, 0.717) is 12.8 Å². The predicted molar refractivity (Wildman–Crippen MR) is 190 cm³/mol. The molecule has 1 fully saturated rings. The van der Waals surface area contributed by atoms with Crippen LogP contribution >= 0.6 is 0 Å². The lowest BCUT2D eigenvalue weighted by Crippen LogP contribution is -2.48. The Bertz CT molecular complexity index is 1650. The first-order chi connectivity index (χ1) is 22.6. The van der Waals surface area contributed by atoms with Gasteiger partial charge in [0.05, 0.1) is 17.9 Å². The molecule has 1 amide bonds. The number of hydrogen-bond donors (Lipinski definition) is 2. The van der Waals surface area contributed by atoms with Gasteiger partial charge in [0, 0.05) is 54.8 Å². The zero-order valence-electron chi connectivity index (χ0n) is 29.4. The number of H-pyrrole nitrogens is 1. The first-order valence-electron chi connectivity index (χ1n) is 17.3. The van der Waals surface area contributed by atoms with Gasteiger partial charge >= 0.3 is 0 Å². The van der Waals surface area contributed by atoms with E-state index in [9.17, 15) is 18.4 Å². The van der Waals surface area contributed by atoms with Crippen LogP contribution in [-0.4, -0.2) is 39.3 Å². The molecule has 1 saturated carbocycles. The van der Waals surface area contributed by atoms with Crippen LogP contribution in [0.15, 0.2) is 65.9 Å². The quantitative estimate of drug-likeness (QED) is 0.215. The van der Waals surface area contributed by atoms with Gasteiger partial charge in [-0.15, -0.1) is 0 Å². The molecule has 48 heavy (non-hydrogen) atoms. The fourth-order valence-electron chi connectivity index (χ4n) is 6.59. The highest BCUT2D eigenvalue weighted by Gasteiger charge is 2.38. The van der Waals surface area contributed by atoms with E-state index in [0.717, 1.165) is 45.1 Å². The Kier molecular flexibility index (Phi) is 10.5. The molecule has 2 aliphatic rings. The normalized spacial score (nSPS) is 18.1. The van der Waals surface area contributed by atoms with Crippen LogP contribution in [0.4, 0.5) is 8.78 Å². The third-order valence-electron chi connectivity index (χ3n) is 9.88. The average molecular weight is 657 g/mol. The lowest BCUT2D eigenvalue weighted by molar-refractivity contribution is -0.129. The van der Waals surface area contributed by atoms with E-state index < -0.39 is 11.3 Å². The molecule has 2 N–H and O–H groups in total. The smallest absolute Gasteiger partial charge is 0.248 e. The van der Waals surface area contributed by atoms with Crippen LogP contribution in [-0.2, 0) is 9.59 Å². The molecule has 2 heterocycles. The third kappa shape index (κ3) is 8.37. The van der Waals surface area contributed by atoms with Gasteiger partial charge in [-0.05, 0) is 52.5 Å². The summed E-state index contributed by atoms with van der Waals surface area (Å²) in [4.78, 5) is 38.6. The molecule has 1 aliphatic heterocycles. The molecule has 0 saturated heterocycles. The molecule has 0 unspecified atom stereocenters. The number of amides is 1. The molecule has 5 rings (SSSR count). The van der Waals surface area contributed by atoms with Crippen molar-refractivity contribution in [3.63, 3.8) is 0 Å². The number of nitrogens with zero attached hydrogens (tertiary/aromatic N) is 2. The Morgan fingerprint density at radius 1 is 0.896 bits per heavy atom. The van der Waals surface area contributed by atoms with Crippen LogP contribution in [0.2, 0.25) is 0 Å². The molecule has 1 aliphatic carbocycles. The Labute approximate surface area is 283 Å². The SMILES string of the molecule is CC(C)[C@H](NC(=O)C(C)(C)C)C1=NC=C(c2ccc(-c3ccc(-c4cnc([C@@H](CC(=O)C5CCC(F)(F)CC5)C(C)C)[nH]4)cc3)cc2)C1. The van der Waals surface area contributed by atoms with Crippen molar-refractivity contribution in [3.8, 4) is 22.4 Å². The second-order valence-corrected chi connectivity index (χ2v) is 15.4. The minimum absolute atomic E-state index is 0.0281. The summed E-state index contributed by atoms with van der Waals surface area (Å²) < 4.78 is 27.2. The number of benzene rings is 2. The van der Waals surface area contributed by atoms with Gasteiger partial charge in [-0.3, -0.25) is 14.6 Å². The number of hydrogen-bond acceptors (Lipinski definition) is 4. The Hall–Kier alpha value is -3.94. The van der Waals surface area contributed by atoms with E-state index in [1.807, 2.05) is 33.2 Å². The van der Waals surface area contributed by atoms with Gasteiger partial charge < -0.3 is 10.3 Å².